The first-order valence-corrected chi connectivity index (χ1v) is 15.0. The number of ether oxygens (including phenoxy) is 3. The van der Waals surface area contributed by atoms with Crippen molar-refractivity contribution >= 4 is 11.8 Å². The Morgan fingerprint density at radius 3 is 2.28 bits per heavy atom. The molecule has 1 aliphatic heterocycles. The number of nitrogens with one attached hydrogen (secondary N) is 1. The van der Waals surface area contributed by atoms with Crippen LogP contribution >= 0.6 is 0 Å². The summed E-state index contributed by atoms with van der Waals surface area (Å²) in [5, 5.41) is 11.3. The van der Waals surface area contributed by atoms with Crippen molar-refractivity contribution in [2.45, 2.75) is 66.8 Å². The minimum Gasteiger partial charge on any atom is -0.489 e. The normalized spacial score (nSPS) is 13.5. The van der Waals surface area contributed by atoms with E-state index >= 15 is 4.39 Å². The number of carbonyl (C=O) groups excluding carboxylic acids is 2. The van der Waals surface area contributed by atoms with E-state index in [1.165, 1.54) is 13.2 Å². The number of esters is 1. The summed E-state index contributed by atoms with van der Waals surface area (Å²) in [5.74, 6) is 0.918. The average molecular weight is 596 g/mol. The van der Waals surface area contributed by atoms with E-state index in [1.807, 2.05) is 32.9 Å². The second-order valence-corrected chi connectivity index (χ2v) is 10.4. The highest BCUT2D eigenvalue weighted by Crippen LogP contribution is 2.40. The minimum absolute atomic E-state index is 0.102. The van der Waals surface area contributed by atoms with Crippen LogP contribution in [-0.4, -0.2) is 43.7 Å². The summed E-state index contributed by atoms with van der Waals surface area (Å²) in [5.41, 5.74) is 3.52. The number of aliphatic hydroxyl groups excluding tert-OH is 1. The van der Waals surface area contributed by atoms with Crippen LogP contribution in [0.5, 0.6) is 17.2 Å². The number of aliphatic hydroxyl groups is 1. The molecule has 0 saturated heterocycles. The Kier molecular flexibility index (Phi) is 14.9. The zero-order chi connectivity index (χ0) is 31.9. The van der Waals surface area contributed by atoms with E-state index in [0.717, 1.165) is 30.5 Å². The lowest BCUT2D eigenvalue weighted by molar-refractivity contribution is -0.117. The topological polar surface area (TPSA) is 94.1 Å². The zero-order valence-electron chi connectivity index (χ0n) is 26.5. The monoisotopic (exact) mass is 595 g/mol. The van der Waals surface area contributed by atoms with Crippen LogP contribution in [0.3, 0.4) is 0 Å². The van der Waals surface area contributed by atoms with Crippen molar-refractivity contribution in [1.82, 2.24) is 5.32 Å². The highest BCUT2D eigenvalue weighted by Gasteiger charge is 2.24. The third-order valence-electron chi connectivity index (χ3n) is 6.44. The first kappa shape index (κ1) is 35.4. The van der Waals surface area contributed by atoms with Crippen molar-refractivity contribution in [3.8, 4) is 28.4 Å². The Hall–Kier alpha value is -3.75. The summed E-state index contributed by atoms with van der Waals surface area (Å²) >= 11 is 0. The summed E-state index contributed by atoms with van der Waals surface area (Å²) in [6, 6.07) is 15.0. The molecule has 8 heteroatoms. The lowest BCUT2D eigenvalue weighted by atomic mass is 9.91. The van der Waals surface area contributed by atoms with Gasteiger partial charge in [0, 0.05) is 30.7 Å². The number of carbonyl (C=O) groups is 2. The van der Waals surface area contributed by atoms with Gasteiger partial charge in [-0.05, 0) is 85.3 Å². The molecule has 0 radical (unpaired) electrons. The molecule has 0 spiro atoms. The first-order valence-electron chi connectivity index (χ1n) is 15.0. The molecule has 4 rings (SSSR count). The van der Waals surface area contributed by atoms with Gasteiger partial charge in [-0.25, -0.2) is 9.18 Å². The van der Waals surface area contributed by atoms with Gasteiger partial charge in [0.05, 0.1) is 19.3 Å². The Bertz CT molecular complexity index is 1320. The third kappa shape index (κ3) is 10.5. The van der Waals surface area contributed by atoms with Crippen LogP contribution in [-0.2, 0) is 16.0 Å². The van der Waals surface area contributed by atoms with E-state index in [4.69, 9.17) is 19.3 Å². The molecule has 3 aromatic rings. The van der Waals surface area contributed by atoms with Crippen LogP contribution in [0.15, 0.2) is 54.6 Å². The summed E-state index contributed by atoms with van der Waals surface area (Å²) in [7, 11) is 1.32. The number of benzene rings is 3. The Morgan fingerprint density at radius 1 is 1.05 bits per heavy atom. The number of fused-ring (bicyclic) bond motifs is 1. The van der Waals surface area contributed by atoms with E-state index in [0.29, 0.717) is 59.5 Å². The Balaban J connectivity index is 0.000000993. The van der Waals surface area contributed by atoms with E-state index in [2.05, 4.69) is 19.2 Å². The fourth-order valence-electron chi connectivity index (χ4n) is 4.39. The second-order valence-electron chi connectivity index (χ2n) is 10.4. The van der Waals surface area contributed by atoms with Crippen LogP contribution < -0.4 is 14.8 Å². The maximum atomic E-state index is 15.1. The van der Waals surface area contributed by atoms with E-state index in [-0.39, 0.29) is 11.8 Å². The van der Waals surface area contributed by atoms with E-state index in [1.54, 1.807) is 43.3 Å². The zero-order valence-corrected chi connectivity index (χ0v) is 26.5. The number of halogens is 1. The van der Waals surface area contributed by atoms with Crippen molar-refractivity contribution < 1.29 is 33.3 Å². The largest absolute Gasteiger partial charge is 0.489 e. The van der Waals surface area contributed by atoms with Gasteiger partial charge in [-0.2, -0.15) is 0 Å². The summed E-state index contributed by atoms with van der Waals surface area (Å²) in [6.07, 6.45) is 2.08. The number of methoxy groups -OCH3 is 1. The van der Waals surface area contributed by atoms with Crippen LogP contribution in [0.4, 0.5) is 4.39 Å². The van der Waals surface area contributed by atoms with Gasteiger partial charge in [0.25, 0.3) is 0 Å². The molecule has 0 aliphatic carbocycles. The second kappa shape index (κ2) is 18.0. The molecule has 43 heavy (non-hydrogen) atoms. The maximum Gasteiger partial charge on any atom is 0.337 e. The average Bonchev–Trinajstić information content (AvgIpc) is 3.01. The molecule has 1 unspecified atom stereocenters. The van der Waals surface area contributed by atoms with Crippen LogP contribution in [0.2, 0.25) is 0 Å². The van der Waals surface area contributed by atoms with Crippen LogP contribution in [0.25, 0.3) is 11.1 Å². The van der Waals surface area contributed by atoms with Crippen molar-refractivity contribution in [3.63, 3.8) is 0 Å². The predicted octanol–water partition coefficient (Wildman–Crippen LogP) is 7.69. The first-order chi connectivity index (χ1) is 20.7. The Morgan fingerprint density at radius 2 is 1.72 bits per heavy atom. The number of Topliss-reactive ketones (excluding diaryl/α,β-unsaturated/α-hetero) is 1. The molecule has 2 N–H and O–H groups in total. The van der Waals surface area contributed by atoms with Crippen LogP contribution in [0.1, 0.15) is 81.9 Å². The van der Waals surface area contributed by atoms with Crippen molar-refractivity contribution in [2.75, 3.05) is 26.9 Å². The maximum absolute atomic E-state index is 15.1. The highest BCUT2D eigenvalue weighted by molar-refractivity contribution is 5.90. The molecule has 0 saturated carbocycles. The van der Waals surface area contributed by atoms with Gasteiger partial charge >= 0.3 is 5.97 Å². The predicted molar refractivity (Wildman–Crippen MR) is 168 cm³/mol. The quantitative estimate of drug-likeness (QED) is 0.232. The van der Waals surface area contributed by atoms with Gasteiger partial charge in [-0.1, -0.05) is 46.8 Å². The molecule has 1 aliphatic rings. The fraction of sp³-hybridized carbons (Fsp3) is 0.429. The van der Waals surface area contributed by atoms with Gasteiger partial charge in [0.1, 0.15) is 17.3 Å². The fourth-order valence-corrected chi connectivity index (χ4v) is 4.39. The molecular formula is C35H46FNO6. The number of hydrogen-bond donors (Lipinski definition) is 2. The lowest BCUT2D eigenvalue weighted by Crippen LogP contribution is -2.31. The van der Waals surface area contributed by atoms with Gasteiger partial charge in [-0.15, -0.1) is 0 Å². The lowest BCUT2D eigenvalue weighted by Gasteiger charge is -2.28. The van der Waals surface area contributed by atoms with Crippen molar-refractivity contribution in [2.24, 2.45) is 5.92 Å². The van der Waals surface area contributed by atoms with E-state index < -0.39 is 11.8 Å². The number of ketones is 1. The third-order valence-corrected chi connectivity index (χ3v) is 6.44. The van der Waals surface area contributed by atoms with Crippen LogP contribution in [0, 0.1) is 11.7 Å². The standard InChI is InChI=1S/C30H32FNO5.C3H8O.C2H6/c1-18(2)17-36-28-14-22-11-12-32-27(13-19(3)33)25(22)16-29(28)37-23-9-10-24(26(31)15-23)20-5-7-21(8-6-20)30(34)35-4;1-2-3-4;1-2/h5-10,14-16,18,27,32H,11-13,17H2,1-4H3;4H,2-3H2,1H3;1-2H3. The summed E-state index contributed by atoms with van der Waals surface area (Å²) in [4.78, 5) is 23.5. The number of hydrogen-bond acceptors (Lipinski definition) is 7. The van der Waals surface area contributed by atoms with Gasteiger partial charge in [-0.3, -0.25) is 4.79 Å². The molecular weight excluding hydrogens is 549 g/mol. The Labute approximate surface area is 255 Å². The smallest absolute Gasteiger partial charge is 0.337 e. The number of rotatable bonds is 10. The molecule has 0 fully saturated rings. The SMILES string of the molecule is CC.CCCO.COC(=O)c1ccc(-c2ccc(Oc3cc4c(cc3OCC(C)C)CCNC4CC(C)=O)cc2F)cc1. The molecule has 234 valence electrons. The molecule has 0 amide bonds. The van der Waals surface area contributed by atoms with Gasteiger partial charge in [0.2, 0.25) is 0 Å². The molecule has 0 bridgehead atoms. The molecule has 3 aromatic carbocycles. The molecule has 1 atom stereocenters. The molecule has 7 nitrogen and oxygen atoms in total. The molecule has 1 heterocycles. The molecule has 0 aromatic heterocycles. The summed E-state index contributed by atoms with van der Waals surface area (Å²) < 4.78 is 32.1. The van der Waals surface area contributed by atoms with Crippen molar-refractivity contribution in [3.05, 3.63) is 77.1 Å². The van der Waals surface area contributed by atoms with Crippen molar-refractivity contribution in [1.29, 1.82) is 0 Å². The highest BCUT2D eigenvalue weighted by atomic mass is 19.1. The van der Waals surface area contributed by atoms with Gasteiger partial charge < -0.3 is 24.6 Å². The van der Waals surface area contributed by atoms with Gasteiger partial charge in [0.15, 0.2) is 11.5 Å². The van der Waals surface area contributed by atoms with E-state index in [9.17, 15) is 9.59 Å². The minimum atomic E-state index is -0.456. The summed E-state index contributed by atoms with van der Waals surface area (Å²) in [6.45, 7) is 13.3.